The Morgan fingerprint density at radius 2 is 1.96 bits per heavy atom. The van der Waals surface area contributed by atoms with Gasteiger partial charge in [-0.25, -0.2) is 4.79 Å². The highest BCUT2D eigenvalue weighted by Crippen LogP contribution is 2.51. The molecule has 1 aliphatic rings. The summed E-state index contributed by atoms with van der Waals surface area (Å²) in [5.41, 5.74) is -1.19. The number of ether oxygens (including phenoxy) is 1. The summed E-state index contributed by atoms with van der Waals surface area (Å²) < 4.78 is 5.58. The van der Waals surface area contributed by atoms with Crippen molar-refractivity contribution >= 4 is 23.5 Å². The molecule has 0 spiro atoms. The van der Waals surface area contributed by atoms with Gasteiger partial charge < -0.3 is 15.2 Å². The molecule has 1 aromatic carbocycles. The third-order valence-electron chi connectivity index (χ3n) is 4.76. The van der Waals surface area contributed by atoms with E-state index in [9.17, 15) is 14.7 Å². The highest BCUT2D eigenvalue weighted by Gasteiger charge is 2.66. The Kier molecular flexibility index (Phi) is 5.01. The van der Waals surface area contributed by atoms with Gasteiger partial charge in [-0.3, -0.25) is 4.79 Å². The summed E-state index contributed by atoms with van der Waals surface area (Å²) in [6, 6.07) is 6.92. The lowest BCUT2D eigenvalue weighted by Gasteiger charge is -2.58. The van der Waals surface area contributed by atoms with Crippen LogP contribution in [-0.4, -0.2) is 35.2 Å². The van der Waals surface area contributed by atoms with Gasteiger partial charge in [0.25, 0.3) is 0 Å². The lowest BCUT2D eigenvalue weighted by molar-refractivity contribution is -0.194. The number of amides is 1. The molecule has 1 aliphatic carbocycles. The fraction of sp³-hybridized carbons (Fsp3) is 0.529. The van der Waals surface area contributed by atoms with E-state index in [2.05, 4.69) is 5.32 Å². The van der Waals surface area contributed by atoms with Crippen molar-refractivity contribution in [3.63, 3.8) is 0 Å². The molecule has 5 nitrogen and oxygen atoms in total. The van der Waals surface area contributed by atoms with Crippen molar-refractivity contribution in [3.05, 3.63) is 34.9 Å². The van der Waals surface area contributed by atoms with Crippen LogP contribution in [0.5, 0.6) is 0 Å². The molecule has 0 bridgehead atoms. The molecule has 0 aliphatic heterocycles. The van der Waals surface area contributed by atoms with Crippen molar-refractivity contribution in [3.8, 4) is 0 Å². The predicted octanol–water partition coefficient (Wildman–Crippen LogP) is 2.66. The zero-order chi connectivity index (χ0) is 17.3. The average molecular weight is 340 g/mol. The molecule has 1 saturated carbocycles. The molecule has 23 heavy (non-hydrogen) atoms. The molecule has 1 amide bonds. The van der Waals surface area contributed by atoms with Gasteiger partial charge in [0, 0.05) is 23.5 Å². The maximum Gasteiger partial charge on any atom is 0.330 e. The Morgan fingerprint density at radius 1 is 1.35 bits per heavy atom. The molecule has 0 aromatic heterocycles. The molecule has 0 heterocycles. The highest BCUT2D eigenvalue weighted by atomic mass is 35.5. The van der Waals surface area contributed by atoms with Gasteiger partial charge in [-0.05, 0) is 24.6 Å². The minimum Gasteiger partial charge on any atom is -0.479 e. The molecule has 6 heteroatoms. The standard InChI is InChI=1S/C17H22ClNO4/c1-4-23-13-10-17(15(21)22,16(13,2)3)19-14(20)9-11-5-7-12(18)8-6-11/h5-8,13H,4,9-10H2,1-3H3,(H,19,20)(H,21,22). The van der Waals surface area contributed by atoms with Crippen LogP contribution in [0.2, 0.25) is 5.02 Å². The number of carbonyl (C=O) groups excluding carboxylic acids is 1. The molecule has 2 N–H and O–H groups in total. The van der Waals surface area contributed by atoms with Gasteiger partial charge in [0.1, 0.15) is 5.54 Å². The van der Waals surface area contributed by atoms with E-state index in [1.165, 1.54) is 0 Å². The number of halogens is 1. The number of carboxylic acid groups (broad SMARTS) is 1. The smallest absolute Gasteiger partial charge is 0.330 e. The Morgan fingerprint density at radius 3 is 2.43 bits per heavy atom. The van der Waals surface area contributed by atoms with E-state index >= 15 is 0 Å². The lowest BCUT2D eigenvalue weighted by Crippen LogP contribution is -2.76. The summed E-state index contributed by atoms with van der Waals surface area (Å²) in [5.74, 6) is -1.35. The van der Waals surface area contributed by atoms with E-state index < -0.39 is 16.9 Å². The normalized spacial score (nSPS) is 25.5. The zero-order valence-corrected chi connectivity index (χ0v) is 14.3. The monoisotopic (exact) mass is 339 g/mol. The van der Waals surface area contributed by atoms with Gasteiger partial charge in [0.15, 0.2) is 0 Å². The predicted molar refractivity (Wildman–Crippen MR) is 87.5 cm³/mol. The van der Waals surface area contributed by atoms with Crippen LogP contribution in [0.15, 0.2) is 24.3 Å². The second-order valence-corrected chi connectivity index (χ2v) is 6.87. The van der Waals surface area contributed by atoms with E-state index in [0.29, 0.717) is 11.6 Å². The molecule has 2 unspecified atom stereocenters. The third kappa shape index (κ3) is 3.21. The van der Waals surface area contributed by atoms with Crippen LogP contribution in [0, 0.1) is 5.41 Å². The number of carboxylic acids is 1. The SMILES string of the molecule is CCOC1CC(NC(=O)Cc2ccc(Cl)cc2)(C(=O)O)C1(C)C. The topological polar surface area (TPSA) is 75.6 Å². The summed E-state index contributed by atoms with van der Waals surface area (Å²) in [6.45, 7) is 6.01. The van der Waals surface area contributed by atoms with E-state index in [1.54, 1.807) is 24.3 Å². The maximum atomic E-state index is 12.3. The van der Waals surface area contributed by atoms with Crippen molar-refractivity contribution in [2.75, 3.05) is 6.61 Å². The first-order chi connectivity index (χ1) is 10.7. The van der Waals surface area contributed by atoms with Gasteiger partial charge in [-0.15, -0.1) is 0 Å². The fourth-order valence-corrected chi connectivity index (χ4v) is 3.23. The largest absolute Gasteiger partial charge is 0.479 e. The van der Waals surface area contributed by atoms with E-state index in [-0.39, 0.29) is 24.9 Å². The summed E-state index contributed by atoms with van der Waals surface area (Å²) in [7, 11) is 0. The van der Waals surface area contributed by atoms with E-state index in [1.807, 2.05) is 20.8 Å². The van der Waals surface area contributed by atoms with Gasteiger partial charge in [-0.1, -0.05) is 37.6 Å². The quantitative estimate of drug-likeness (QED) is 0.835. The molecular formula is C17H22ClNO4. The lowest BCUT2D eigenvalue weighted by atomic mass is 9.54. The average Bonchev–Trinajstić information content (AvgIpc) is 2.48. The van der Waals surface area contributed by atoms with E-state index in [4.69, 9.17) is 16.3 Å². The summed E-state index contributed by atoms with van der Waals surface area (Å²) in [4.78, 5) is 24.1. The van der Waals surface area contributed by atoms with Crippen molar-refractivity contribution < 1.29 is 19.4 Å². The Hall–Kier alpha value is -1.59. The summed E-state index contributed by atoms with van der Waals surface area (Å²) >= 11 is 5.82. The van der Waals surface area contributed by atoms with Crippen molar-refractivity contribution in [2.24, 2.45) is 5.41 Å². The summed E-state index contributed by atoms with van der Waals surface area (Å²) in [5, 5.41) is 13.0. The first-order valence-corrected chi connectivity index (χ1v) is 8.01. The van der Waals surface area contributed by atoms with Crippen molar-refractivity contribution in [2.45, 2.75) is 45.3 Å². The van der Waals surface area contributed by atoms with Crippen LogP contribution in [0.25, 0.3) is 0 Å². The third-order valence-corrected chi connectivity index (χ3v) is 5.01. The second-order valence-electron chi connectivity index (χ2n) is 6.43. The highest BCUT2D eigenvalue weighted by molar-refractivity contribution is 6.30. The van der Waals surface area contributed by atoms with Gasteiger partial charge in [-0.2, -0.15) is 0 Å². The molecule has 1 fully saturated rings. The Labute approximate surface area is 141 Å². The number of aliphatic carboxylic acids is 1. The first-order valence-electron chi connectivity index (χ1n) is 7.63. The van der Waals surface area contributed by atoms with Crippen LogP contribution in [0.1, 0.15) is 32.8 Å². The van der Waals surface area contributed by atoms with E-state index in [0.717, 1.165) is 5.56 Å². The number of benzene rings is 1. The molecule has 1 aromatic rings. The van der Waals surface area contributed by atoms with Gasteiger partial charge in [0.2, 0.25) is 5.91 Å². The number of nitrogens with one attached hydrogen (secondary N) is 1. The van der Waals surface area contributed by atoms with Crippen LogP contribution >= 0.6 is 11.6 Å². The molecule has 0 radical (unpaired) electrons. The molecule has 2 atom stereocenters. The van der Waals surface area contributed by atoms with Gasteiger partial charge >= 0.3 is 5.97 Å². The number of hydrogen-bond donors (Lipinski definition) is 2. The minimum absolute atomic E-state index is 0.113. The minimum atomic E-state index is -1.30. The molecular weight excluding hydrogens is 318 g/mol. The zero-order valence-electron chi connectivity index (χ0n) is 13.6. The van der Waals surface area contributed by atoms with Crippen LogP contribution in [0.3, 0.4) is 0 Å². The molecule has 0 saturated heterocycles. The van der Waals surface area contributed by atoms with Crippen LogP contribution in [-0.2, 0) is 20.7 Å². The van der Waals surface area contributed by atoms with Crippen LogP contribution < -0.4 is 5.32 Å². The molecule has 2 rings (SSSR count). The van der Waals surface area contributed by atoms with Crippen molar-refractivity contribution in [1.29, 1.82) is 0 Å². The second kappa shape index (κ2) is 6.49. The summed E-state index contributed by atoms with van der Waals surface area (Å²) in [6.07, 6.45) is 0.205. The number of rotatable bonds is 6. The van der Waals surface area contributed by atoms with Crippen molar-refractivity contribution in [1.82, 2.24) is 5.32 Å². The number of hydrogen-bond acceptors (Lipinski definition) is 3. The van der Waals surface area contributed by atoms with Gasteiger partial charge in [0.05, 0.1) is 12.5 Å². The maximum absolute atomic E-state index is 12.3. The first kappa shape index (κ1) is 17.8. The Bertz CT molecular complexity index is 599. The fourth-order valence-electron chi connectivity index (χ4n) is 3.11. The van der Waals surface area contributed by atoms with Crippen LogP contribution in [0.4, 0.5) is 0 Å². The molecule has 126 valence electrons. The number of carbonyl (C=O) groups is 2. The Balaban J connectivity index is 2.10.